The maximum Gasteiger partial charge on any atom is 0.266 e. The first kappa shape index (κ1) is 17.3. The van der Waals surface area contributed by atoms with Crippen LogP contribution < -0.4 is 5.32 Å². The molecule has 4 nitrogen and oxygen atoms in total. The Kier molecular flexibility index (Phi) is 5.39. The number of hydrogen-bond donors (Lipinski definition) is 2. The molecule has 2 aromatic rings. The van der Waals surface area contributed by atoms with Crippen LogP contribution in [0.15, 0.2) is 42.0 Å². The Morgan fingerprint density at radius 2 is 1.88 bits per heavy atom. The van der Waals surface area contributed by atoms with Crippen LogP contribution in [0.4, 0.5) is 5.69 Å². The number of aromatic hydroxyl groups is 1. The lowest BCUT2D eigenvalue weighted by Gasteiger charge is -2.09. The smallest absolute Gasteiger partial charge is 0.266 e. The molecular weight excluding hydrogens is 300 g/mol. The molecule has 24 heavy (non-hydrogen) atoms. The molecule has 0 radical (unpaired) electrons. The standard InChI is InChI=1S/C20H20N2O2/c1-4-16-7-5-6-8-18(16)22-20(24)17(12-21)11-15-9-13(2)19(23)14(3)10-15/h5-11,23H,4H2,1-3H3,(H,22,24). The average Bonchev–Trinajstić information content (AvgIpc) is 2.57. The summed E-state index contributed by atoms with van der Waals surface area (Å²) < 4.78 is 0. The molecule has 0 bridgehead atoms. The van der Waals surface area contributed by atoms with Crippen molar-refractivity contribution in [1.82, 2.24) is 0 Å². The summed E-state index contributed by atoms with van der Waals surface area (Å²) in [6.07, 6.45) is 2.32. The van der Waals surface area contributed by atoms with Crippen molar-refractivity contribution in [3.63, 3.8) is 0 Å². The molecule has 0 aromatic heterocycles. The average molecular weight is 320 g/mol. The van der Waals surface area contributed by atoms with Gasteiger partial charge in [0, 0.05) is 5.69 Å². The molecular formula is C20H20N2O2. The summed E-state index contributed by atoms with van der Waals surface area (Å²) in [5.74, 6) is -0.214. The van der Waals surface area contributed by atoms with Crippen LogP contribution in [-0.4, -0.2) is 11.0 Å². The van der Waals surface area contributed by atoms with Gasteiger partial charge in [-0.3, -0.25) is 4.79 Å². The van der Waals surface area contributed by atoms with Gasteiger partial charge in [-0.05, 0) is 66.8 Å². The van der Waals surface area contributed by atoms with Gasteiger partial charge in [0.05, 0.1) is 0 Å². The number of benzene rings is 2. The number of aryl methyl sites for hydroxylation is 3. The van der Waals surface area contributed by atoms with Gasteiger partial charge in [0.2, 0.25) is 0 Å². The summed E-state index contributed by atoms with van der Waals surface area (Å²) in [6, 6.07) is 13.0. The quantitative estimate of drug-likeness (QED) is 0.657. The molecule has 0 atom stereocenters. The first-order valence-electron chi connectivity index (χ1n) is 7.77. The van der Waals surface area contributed by atoms with Gasteiger partial charge in [0.15, 0.2) is 0 Å². The summed E-state index contributed by atoms with van der Waals surface area (Å²) in [7, 11) is 0. The van der Waals surface area contributed by atoms with Crippen molar-refractivity contribution in [1.29, 1.82) is 5.26 Å². The van der Waals surface area contributed by atoms with Crippen LogP contribution in [0.3, 0.4) is 0 Å². The van der Waals surface area contributed by atoms with Gasteiger partial charge in [0.25, 0.3) is 5.91 Å². The molecule has 0 aliphatic carbocycles. The molecule has 0 saturated heterocycles. The van der Waals surface area contributed by atoms with Crippen LogP contribution in [0.1, 0.15) is 29.2 Å². The Hall–Kier alpha value is -3.06. The van der Waals surface area contributed by atoms with Crippen molar-refractivity contribution in [2.75, 3.05) is 5.32 Å². The molecule has 0 saturated carbocycles. The lowest BCUT2D eigenvalue weighted by Crippen LogP contribution is -2.14. The number of phenolic OH excluding ortho intramolecular Hbond substituents is 1. The number of carbonyl (C=O) groups excluding carboxylic acids is 1. The van der Waals surface area contributed by atoms with Gasteiger partial charge >= 0.3 is 0 Å². The summed E-state index contributed by atoms with van der Waals surface area (Å²) in [6.45, 7) is 5.57. The van der Waals surface area contributed by atoms with E-state index < -0.39 is 5.91 Å². The number of phenols is 1. The molecule has 0 unspecified atom stereocenters. The molecule has 1 amide bonds. The molecule has 0 heterocycles. The van der Waals surface area contributed by atoms with Crippen molar-refractivity contribution in [3.05, 3.63) is 64.2 Å². The Morgan fingerprint density at radius 1 is 1.25 bits per heavy atom. The van der Waals surface area contributed by atoms with E-state index in [-0.39, 0.29) is 11.3 Å². The summed E-state index contributed by atoms with van der Waals surface area (Å²) >= 11 is 0. The van der Waals surface area contributed by atoms with E-state index in [1.807, 2.05) is 37.3 Å². The first-order chi connectivity index (χ1) is 11.5. The van der Waals surface area contributed by atoms with E-state index in [1.165, 1.54) is 6.08 Å². The lowest BCUT2D eigenvalue weighted by molar-refractivity contribution is -0.112. The number of carbonyl (C=O) groups is 1. The monoisotopic (exact) mass is 320 g/mol. The lowest BCUT2D eigenvalue weighted by atomic mass is 10.0. The van der Waals surface area contributed by atoms with Crippen molar-refractivity contribution in [2.45, 2.75) is 27.2 Å². The second-order valence-corrected chi connectivity index (χ2v) is 5.64. The third-order valence-electron chi connectivity index (χ3n) is 3.84. The summed E-state index contributed by atoms with van der Waals surface area (Å²) in [5, 5.41) is 21.9. The molecule has 0 fully saturated rings. The predicted molar refractivity (Wildman–Crippen MR) is 95.6 cm³/mol. The topological polar surface area (TPSA) is 73.1 Å². The fourth-order valence-corrected chi connectivity index (χ4v) is 2.53. The zero-order valence-corrected chi connectivity index (χ0v) is 14.1. The molecule has 2 rings (SSSR count). The van der Waals surface area contributed by atoms with Gasteiger partial charge in [-0.1, -0.05) is 25.1 Å². The highest BCUT2D eigenvalue weighted by molar-refractivity contribution is 6.10. The molecule has 2 aromatic carbocycles. The zero-order chi connectivity index (χ0) is 17.7. The van der Waals surface area contributed by atoms with E-state index in [0.717, 1.165) is 12.0 Å². The van der Waals surface area contributed by atoms with E-state index >= 15 is 0 Å². The third kappa shape index (κ3) is 3.82. The van der Waals surface area contributed by atoms with Crippen LogP contribution >= 0.6 is 0 Å². The van der Waals surface area contributed by atoms with Gasteiger partial charge in [0.1, 0.15) is 17.4 Å². The number of para-hydroxylation sites is 1. The Balaban J connectivity index is 2.31. The van der Waals surface area contributed by atoms with Gasteiger partial charge in [-0.2, -0.15) is 5.26 Å². The molecule has 2 N–H and O–H groups in total. The minimum absolute atomic E-state index is 0.0189. The number of hydrogen-bond acceptors (Lipinski definition) is 3. The van der Waals surface area contributed by atoms with Crippen LogP contribution in [0.2, 0.25) is 0 Å². The van der Waals surface area contributed by atoms with Crippen molar-refractivity contribution in [3.8, 4) is 11.8 Å². The summed E-state index contributed by atoms with van der Waals surface area (Å²) in [4.78, 5) is 12.4. The molecule has 122 valence electrons. The molecule has 4 heteroatoms. The van der Waals surface area contributed by atoms with Crippen molar-refractivity contribution >= 4 is 17.7 Å². The zero-order valence-electron chi connectivity index (χ0n) is 14.1. The fraction of sp³-hybridized carbons (Fsp3) is 0.200. The Bertz CT molecular complexity index is 822. The molecule has 0 spiro atoms. The number of nitrogens with zero attached hydrogens (tertiary/aromatic N) is 1. The van der Waals surface area contributed by atoms with E-state index in [4.69, 9.17) is 0 Å². The highest BCUT2D eigenvalue weighted by Gasteiger charge is 2.12. The van der Waals surface area contributed by atoms with Crippen LogP contribution in [0.5, 0.6) is 5.75 Å². The van der Waals surface area contributed by atoms with Crippen LogP contribution in [0, 0.1) is 25.2 Å². The predicted octanol–water partition coefficient (Wildman–Crippen LogP) is 4.12. The largest absolute Gasteiger partial charge is 0.507 e. The van der Waals surface area contributed by atoms with Crippen molar-refractivity contribution < 1.29 is 9.90 Å². The third-order valence-corrected chi connectivity index (χ3v) is 3.84. The van der Waals surface area contributed by atoms with Gasteiger partial charge in [-0.15, -0.1) is 0 Å². The van der Waals surface area contributed by atoms with E-state index in [9.17, 15) is 15.2 Å². The maximum atomic E-state index is 12.4. The van der Waals surface area contributed by atoms with Crippen molar-refractivity contribution in [2.24, 2.45) is 0 Å². The van der Waals surface area contributed by atoms with Gasteiger partial charge < -0.3 is 10.4 Å². The second kappa shape index (κ2) is 7.47. The molecule has 0 aliphatic rings. The highest BCUT2D eigenvalue weighted by Crippen LogP contribution is 2.24. The number of nitriles is 1. The second-order valence-electron chi connectivity index (χ2n) is 5.64. The fourth-order valence-electron chi connectivity index (χ4n) is 2.53. The summed E-state index contributed by atoms with van der Waals surface area (Å²) in [5.41, 5.74) is 3.86. The van der Waals surface area contributed by atoms with E-state index in [0.29, 0.717) is 22.4 Å². The SMILES string of the molecule is CCc1ccccc1NC(=O)C(C#N)=Cc1cc(C)c(O)c(C)c1. The number of rotatable bonds is 4. The highest BCUT2D eigenvalue weighted by atomic mass is 16.3. The maximum absolute atomic E-state index is 12.4. The Labute approximate surface area is 142 Å². The number of nitrogens with one attached hydrogen (secondary N) is 1. The number of amides is 1. The minimum atomic E-state index is -0.443. The first-order valence-corrected chi connectivity index (χ1v) is 7.77. The number of anilines is 1. The minimum Gasteiger partial charge on any atom is -0.507 e. The van der Waals surface area contributed by atoms with Gasteiger partial charge in [-0.25, -0.2) is 0 Å². The van der Waals surface area contributed by atoms with Crippen LogP contribution in [-0.2, 0) is 11.2 Å². The Morgan fingerprint density at radius 3 is 2.46 bits per heavy atom. The molecule has 0 aliphatic heterocycles. The normalized spacial score (nSPS) is 11.0. The van der Waals surface area contributed by atoms with E-state index in [1.54, 1.807) is 26.0 Å². The van der Waals surface area contributed by atoms with E-state index in [2.05, 4.69) is 5.32 Å². The van der Waals surface area contributed by atoms with Crippen LogP contribution in [0.25, 0.3) is 6.08 Å².